The molecular weight excluding hydrogens is 338 g/mol. The number of aromatic nitrogens is 2. The van der Waals surface area contributed by atoms with Crippen LogP contribution in [0.15, 0.2) is 39.3 Å². The minimum absolute atomic E-state index is 0.536. The van der Waals surface area contributed by atoms with Crippen LogP contribution in [-0.2, 0) is 6.42 Å². The highest BCUT2D eigenvalue weighted by Crippen LogP contribution is 2.32. The lowest BCUT2D eigenvalue weighted by Gasteiger charge is -1.96. The standard InChI is InChI=1S/C14H12BrN3OS/c1-8-5-11(16)20-13(8)14-17-12(18-19-14)7-9-3-2-4-10(15)6-9/h2-6H,7,16H2,1H3. The van der Waals surface area contributed by atoms with Crippen molar-refractivity contribution in [2.24, 2.45) is 0 Å². The second-order valence-corrected chi connectivity index (χ2v) is 6.48. The molecule has 0 fully saturated rings. The number of anilines is 1. The molecule has 0 bridgehead atoms. The van der Waals surface area contributed by atoms with E-state index >= 15 is 0 Å². The largest absolute Gasteiger partial charge is 0.391 e. The quantitative estimate of drug-likeness (QED) is 0.774. The van der Waals surface area contributed by atoms with Crippen molar-refractivity contribution in [2.75, 3.05) is 5.73 Å². The van der Waals surface area contributed by atoms with E-state index in [1.807, 2.05) is 37.3 Å². The van der Waals surface area contributed by atoms with Crippen molar-refractivity contribution < 1.29 is 4.52 Å². The molecule has 0 spiro atoms. The van der Waals surface area contributed by atoms with Crippen molar-refractivity contribution in [3.05, 3.63) is 51.8 Å². The average molecular weight is 350 g/mol. The van der Waals surface area contributed by atoms with E-state index in [4.69, 9.17) is 10.3 Å². The van der Waals surface area contributed by atoms with Crippen molar-refractivity contribution in [1.82, 2.24) is 10.1 Å². The number of aryl methyl sites for hydroxylation is 1. The zero-order valence-electron chi connectivity index (χ0n) is 10.8. The summed E-state index contributed by atoms with van der Waals surface area (Å²) in [6, 6.07) is 9.98. The first-order valence-corrected chi connectivity index (χ1v) is 7.66. The van der Waals surface area contributed by atoms with Gasteiger partial charge < -0.3 is 10.3 Å². The Morgan fingerprint density at radius 3 is 2.90 bits per heavy atom. The zero-order chi connectivity index (χ0) is 14.1. The summed E-state index contributed by atoms with van der Waals surface area (Å²) < 4.78 is 6.37. The summed E-state index contributed by atoms with van der Waals surface area (Å²) in [6.07, 6.45) is 0.642. The maximum absolute atomic E-state index is 5.79. The summed E-state index contributed by atoms with van der Waals surface area (Å²) in [5.74, 6) is 1.21. The molecule has 0 saturated heterocycles. The van der Waals surface area contributed by atoms with Crippen molar-refractivity contribution in [3.63, 3.8) is 0 Å². The topological polar surface area (TPSA) is 64.9 Å². The highest BCUT2D eigenvalue weighted by atomic mass is 79.9. The molecule has 2 aromatic heterocycles. The van der Waals surface area contributed by atoms with Crippen LogP contribution in [0.4, 0.5) is 5.00 Å². The lowest BCUT2D eigenvalue weighted by Crippen LogP contribution is -1.90. The number of nitrogens with zero attached hydrogens (tertiary/aromatic N) is 2. The first kappa shape index (κ1) is 13.3. The Bertz CT molecular complexity index is 750. The molecule has 2 heterocycles. The average Bonchev–Trinajstić information content (AvgIpc) is 2.96. The van der Waals surface area contributed by atoms with E-state index < -0.39 is 0 Å². The van der Waals surface area contributed by atoms with Crippen molar-refractivity contribution in [3.8, 4) is 10.8 Å². The van der Waals surface area contributed by atoms with Crippen LogP contribution in [0.2, 0.25) is 0 Å². The second-order valence-electron chi connectivity index (χ2n) is 4.48. The minimum atomic E-state index is 0.536. The van der Waals surface area contributed by atoms with Crippen LogP contribution in [0.1, 0.15) is 17.0 Å². The Kier molecular flexibility index (Phi) is 3.58. The number of thiophene rings is 1. The molecule has 3 rings (SSSR count). The molecule has 0 radical (unpaired) electrons. The smallest absolute Gasteiger partial charge is 0.268 e. The van der Waals surface area contributed by atoms with E-state index in [0.717, 1.165) is 25.5 Å². The molecular formula is C14H12BrN3OS. The molecule has 0 aliphatic rings. The molecule has 0 aliphatic heterocycles. The number of nitrogen functional groups attached to an aromatic ring is 1. The Labute approximate surface area is 128 Å². The first-order chi connectivity index (χ1) is 9.61. The van der Waals surface area contributed by atoms with Gasteiger partial charge in [-0.3, -0.25) is 0 Å². The molecule has 0 saturated carbocycles. The van der Waals surface area contributed by atoms with Gasteiger partial charge in [0.25, 0.3) is 5.89 Å². The fourth-order valence-corrected chi connectivity index (χ4v) is 3.27. The Hall–Kier alpha value is -1.66. The molecule has 0 amide bonds. The summed E-state index contributed by atoms with van der Waals surface area (Å²) in [4.78, 5) is 5.38. The third-order valence-electron chi connectivity index (χ3n) is 2.85. The van der Waals surface area contributed by atoms with Gasteiger partial charge in [0.05, 0.1) is 9.88 Å². The van der Waals surface area contributed by atoms with Gasteiger partial charge in [0.2, 0.25) is 0 Å². The zero-order valence-corrected chi connectivity index (χ0v) is 13.2. The van der Waals surface area contributed by atoms with Crippen LogP contribution < -0.4 is 5.73 Å². The maximum Gasteiger partial charge on any atom is 0.268 e. The van der Waals surface area contributed by atoms with Gasteiger partial charge in [0, 0.05) is 10.9 Å². The lowest BCUT2D eigenvalue weighted by atomic mass is 10.1. The highest BCUT2D eigenvalue weighted by Gasteiger charge is 2.14. The van der Waals surface area contributed by atoms with Gasteiger partial charge >= 0.3 is 0 Å². The van der Waals surface area contributed by atoms with E-state index in [0.29, 0.717) is 18.1 Å². The van der Waals surface area contributed by atoms with E-state index in [9.17, 15) is 0 Å². The number of rotatable bonds is 3. The van der Waals surface area contributed by atoms with Gasteiger partial charge in [-0.25, -0.2) is 0 Å². The third-order valence-corrected chi connectivity index (χ3v) is 4.40. The summed E-state index contributed by atoms with van der Waals surface area (Å²) in [7, 11) is 0. The van der Waals surface area contributed by atoms with Gasteiger partial charge in [0.15, 0.2) is 5.82 Å². The van der Waals surface area contributed by atoms with Crippen LogP contribution in [0.5, 0.6) is 0 Å². The Balaban J connectivity index is 1.85. The molecule has 3 aromatic rings. The van der Waals surface area contributed by atoms with Crippen molar-refractivity contribution >= 4 is 32.3 Å². The van der Waals surface area contributed by atoms with E-state index in [2.05, 4.69) is 26.1 Å². The second kappa shape index (κ2) is 5.38. The molecule has 4 nitrogen and oxygen atoms in total. The normalized spacial score (nSPS) is 10.9. The molecule has 2 N–H and O–H groups in total. The lowest BCUT2D eigenvalue weighted by molar-refractivity contribution is 0.424. The van der Waals surface area contributed by atoms with E-state index in [-0.39, 0.29) is 0 Å². The highest BCUT2D eigenvalue weighted by molar-refractivity contribution is 9.10. The fraction of sp³-hybridized carbons (Fsp3) is 0.143. The molecule has 0 atom stereocenters. The third kappa shape index (κ3) is 2.76. The summed E-state index contributed by atoms with van der Waals surface area (Å²) in [5.41, 5.74) is 7.98. The van der Waals surface area contributed by atoms with E-state index in [1.54, 1.807) is 0 Å². The summed E-state index contributed by atoms with van der Waals surface area (Å²) in [5, 5.41) is 4.79. The fourth-order valence-electron chi connectivity index (χ4n) is 1.97. The van der Waals surface area contributed by atoms with Crippen molar-refractivity contribution in [2.45, 2.75) is 13.3 Å². The Morgan fingerprint density at radius 2 is 2.20 bits per heavy atom. The molecule has 1 aromatic carbocycles. The number of halogens is 1. The first-order valence-electron chi connectivity index (χ1n) is 6.05. The van der Waals surface area contributed by atoms with Crippen LogP contribution in [0, 0.1) is 6.92 Å². The van der Waals surface area contributed by atoms with Crippen LogP contribution in [0.3, 0.4) is 0 Å². The molecule has 20 heavy (non-hydrogen) atoms. The molecule has 102 valence electrons. The van der Waals surface area contributed by atoms with E-state index in [1.165, 1.54) is 11.3 Å². The predicted molar refractivity (Wildman–Crippen MR) is 83.7 cm³/mol. The summed E-state index contributed by atoms with van der Waals surface area (Å²) in [6.45, 7) is 1.99. The predicted octanol–water partition coefficient (Wildman–Crippen LogP) is 4.04. The molecule has 6 heteroatoms. The van der Waals surface area contributed by atoms with Gasteiger partial charge in [-0.05, 0) is 36.2 Å². The number of nitrogens with two attached hydrogens (primary N) is 1. The van der Waals surface area contributed by atoms with Gasteiger partial charge in [-0.15, -0.1) is 11.3 Å². The van der Waals surface area contributed by atoms with Gasteiger partial charge in [-0.2, -0.15) is 4.98 Å². The molecule has 0 aliphatic carbocycles. The van der Waals surface area contributed by atoms with Crippen LogP contribution >= 0.6 is 27.3 Å². The van der Waals surface area contributed by atoms with Crippen LogP contribution in [0.25, 0.3) is 10.8 Å². The minimum Gasteiger partial charge on any atom is -0.391 e. The van der Waals surface area contributed by atoms with Gasteiger partial charge in [0.1, 0.15) is 0 Å². The van der Waals surface area contributed by atoms with Crippen LogP contribution in [-0.4, -0.2) is 10.1 Å². The van der Waals surface area contributed by atoms with Crippen molar-refractivity contribution in [1.29, 1.82) is 0 Å². The SMILES string of the molecule is Cc1cc(N)sc1-c1nc(Cc2cccc(Br)c2)no1. The maximum atomic E-state index is 5.79. The number of hydrogen-bond acceptors (Lipinski definition) is 5. The van der Waals surface area contributed by atoms with Gasteiger partial charge in [-0.1, -0.05) is 33.2 Å². The molecule has 0 unspecified atom stereocenters. The Morgan fingerprint density at radius 1 is 1.35 bits per heavy atom. The summed E-state index contributed by atoms with van der Waals surface area (Å²) >= 11 is 4.92. The number of hydrogen-bond donors (Lipinski definition) is 1. The number of benzene rings is 1. The monoisotopic (exact) mass is 349 g/mol.